The highest BCUT2D eigenvalue weighted by atomic mass is 16.5. The van der Waals surface area contributed by atoms with Crippen LogP contribution < -0.4 is 20.0 Å². The normalized spacial score (nSPS) is 17.0. The van der Waals surface area contributed by atoms with Crippen LogP contribution in [0.3, 0.4) is 0 Å². The van der Waals surface area contributed by atoms with Crippen molar-refractivity contribution in [2.45, 2.75) is 58.6 Å². The van der Waals surface area contributed by atoms with Crippen molar-refractivity contribution in [1.82, 2.24) is 15.0 Å². The Morgan fingerprint density at radius 3 is 2.73 bits per heavy atom. The highest BCUT2D eigenvalue weighted by Gasteiger charge is 2.39. The molecule has 2 aliphatic rings. The summed E-state index contributed by atoms with van der Waals surface area (Å²) in [5.74, 6) is 2.07. The van der Waals surface area contributed by atoms with Crippen molar-refractivity contribution in [3.8, 4) is 5.75 Å². The first-order chi connectivity index (χ1) is 14.5. The molecule has 160 valence electrons. The van der Waals surface area contributed by atoms with Crippen molar-refractivity contribution in [3.05, 3.63) is 30.5 Å². The molecular formula is C22H30N6O2. The molecule has 30 heavy (non-hydrogen) atoms. The Morgan fingerprint density at radius 1 is 1.27 bits per heavy atom. The Balaban J connectivity index is 1.67. The second-order valence-electron chi connectivity index (χ2n) is 8.06. The van der Waals surface area contributed by atoms with E-state index in [0.29, 0.717) is 12.5 Å². The Labute approximate surface area is 177 Å². The van der Waals surface area contributed by atoms with Crippen molar-refractivity contribution >= 4 is 29.2 Å². The Hall–Kier alpha value is -3.03. The van der Waals surface area contributed by atoms with E-state index in [9.17, 15) is 4.79 Å². The van der Waals surface area contributed by atoms with Crippen LogP contribution in [0, 0.1) is 0 Å². The quantitative estimate of drug-likeness (QED) is 0.752. The molecule has 1 aromatic carbocycles. The lowest BCUT2D eigenvalue weighted by Crippen LogP contribution is -2.59. The third kappa shape index (κ3) is 3.86. The van der Waals surface area contributed by atoms with E-state index in [0.717, 1.165) is 35.8 Å². The molecule has 0 spiro atoms. The average Bonchev–Trinajstić information content (AvgIpc) is 3.24. The van der Waals surface area contributed by atoms with Crippen molar-refractivity contribution in [2.75, 3.05) is 28.8 Å². The van der Waals surface area contributed by atoms with Crippen molar-refractivity contribution < 1.29 is 9.53 Å². The van der Waals surface area contributed by atoms with Gasteiger partial charge in [0.1, 0.15) is 11.4 Å². The molecule has 1 aliphatic carbocycles. The van der Waals surface area contributed by atoms with Gasteiger partial charge in [0, 0.05) is 25.3 Å². The fourth-order valence-electron chi connectivity index (χ4n) is 4.17. The number of aromatic nitrogens is 2. The van der Waals surface area contributed by atoms with Crippen molar-refractivity contribution in [3.63, 3.8) is 0 Å². The SMILES string of the molecule is CCN1C(=O)N(C)c2cnc(Nc3cccc(OC(C)C)c3)nc2N1C1CCCC1. The van der Waals surface area contributed by atoms with Gasteiger partial charge in [0.15, 0.2) is 5.82 Å². The van der Waals surface area contributed by atoms with Crippen LogP contribution in [0.5, 0.6) is 5.75 Å². The predicted molar refractivity (Wildman–Crippen MR) is 118 cm³/mol. The number of nitrogens with zero attached hydrogens (tertiary/aromatic N) is 5. The first-order valence-electron chi connectivity index (χ1n) is 10.7. The van der Waals surface area contributed by atoms with Crippen LogP contribution in [0.25, 0.3) is 0 Å². The monoisotopic (exact) mass is 410 g/mol. The van der Waals surface area contributed by atoms with Crippen LogP contribution in [-0.4, -0.2) is 46.7 Å². The zero-order valence-electron chi connectivity index (χ0n) is 18.1. The summed E-state index contributed by atoms with van der Waals surface area (Å²) >= 11 is 0. The lowest BCUT2D eigenvalue weighted by Gasteiger charge is -2.45. The number of carbonyl (C=O) groups is 1. The van der Waals surface area contributed by atoms with Gasteiger partial charge in [-0.05, 0) is 45.7 Å². The lowest BCUT2D eigenvalue weighted by atomic mass is 10.2. The Bertz CT molecular complexity index is 912. The molecule has 0 unspecified atom stereocenters. The van der Waals surface area contributed by atoms with Crippen LogP contribution in [0.2, 0.25) is 0 Å². The number of nitrogens with one attached hydrogen (secondary N) is 1. The van der Waals surface area contributed by atoms with Crippen molar-refractivity contribution in [2.24, 2.45) is 0 Å². The van der Waals surface area contributed by atoms with E-state index in [1.54, 1.807) is 23.2 Å². The van der Waals surface area contributed by atoms with E-state index in [-0.39, 0.29) is 18.2 Å². The fraction of sp³-hybridized carbons (Fsp3) is 0.500. The first-order valence-corrected chi connectivity index (χ1v) is 10.7. The standard InChI is InChI=1S/C22H30N6O2/c1-5-27-22(29)26(4)19-14-23-21(25-20(19)28(27)17-10-6-7-11-17)24-16-9-8-12-18(13-16)30-15(2)3/h8-9,12-15,17H,5-7,10-11H2,1-4H3,(H,23,24,25). The van der Waals surface area contributed by atoms with Gasteiger partial charge in [-0.3, -0.25) is 9.91 Å². The molecule has 0 atom stereocenters. The number of anilines is 4. The number of urea groups is 1. The number of amides is 2. The highest BCUT2D eigenvalue weighted by molar-refractivity contribution is 5.98. The smallest absolute Gasteiger partial charge is 0.343 e. The summed E-state index contributed by atoms with van der Waals surface area (Å²) in [5, 5.41) is 7.18. The molecule has 0 saturated heterocycles. The molecule has 0 radical (unpaired) electrons. The summed E-state index contributed by atoms with van der Waals surface area (Å²) in [5.41, 5.74) is 1.59. The molecule has 4 rings (SSSR count). The zero-order chi connectivity index (χ0) is 21.3. The molecule has 1 saturated carbocycles. The number of hydrogen-bond acceptors (Lipinski definition) is 6. The van der Waals surface area contributed by atoms with E-state index in [4.69, 9.17) is 9.72 Å². The second-order valence-corrected chi connectivity index (χ2v) is 8.06. The van der Waals surface area contributed by atoms with Gasteiger partial charge < -0.3 is 10.1 Å². The third-order valence-electron chi connectivity index (χ3n) is 5.53. The van der Waals surface area contributed by atoms with Gasteiger partial charge in [0.2, 0.25) is 5.95 Å². The van der Waals surface area contributed by atoms with E-state index >= 15 is 0 Å². The van der Waals surface area contributed by atoms with Gasteiger partial charge in [-0.15, -0.1) is 0 Å². The summed E-state index contributed by atoms with van der Waals surface area (Å²) in [6.45, 7) is 6.60. The van der Waals surface area contributed by atoms with E-state index in [1.807, 2.05) is 45.0 Å². The van der Waals surface area contributed by atoms with Crippen LogP contribution in [0.4, 0.5) is 27.9 Å². The zero-order valence-corrected chi connectivity index (χ0v) is 18.1. The predicted octanol–water partition coefficient (Wildman–Crippen LogP) is 4.56. The van der Waals surface area contributed by atoms with E-state index in [2.05, 4.69) is 15.3 Å². The van der Waals surface area contributed by atoms with Gasteiger partial charge in [-0.25, -0.2) is 14.8 Å². The topological polar surface area (TPSA) is 73.8 Å². The molecule has 2 heterocycles. The number of ether oxygens (including phenoxy) is 1. The summed E-state index contributed by atoms with van der Waals surface area (Å²) in [4.78, 5) is 23.9. The summed E-state index contributed by atoms with van der Waals surface area (Å²) in [7, 11) is 1.78. The van der Waals surface area contributed by atoms with E-state index < -0.39 is 0 Å². The maximum Gasteiger partial charge on any atom is 0.343 e. The molecule has 1 aromatic heterocycles. The number of benzene rings is 1. The first kappa shape index (κ1) is 20.3. The highest BCUT2D eigenvalue weighted by Crippen LogP contribution is 2.38. The van der Waals surface area contributed by atoms with Gasteiger partial charge in [-0.1, -0.05) is 18.9 Å². The van der Waals surface area contributed by atoms with E-state index in [1.165, 1.54) is 12.8 Å². The second kappa shape index (κ2) is 8.38. The number of carbonyl (C=O) groups excluding carboxylic acids is 1. The Kier molecular flexibility index (Phi) is 5.65. The molecule has 1 aliphatic heterocycles. The fourth-order valence-corrected chi connectivity index (χ4v) is 4.17. The van der Waals surface area contributed by atoms with Crippen LogP contribution in [-0.2, 0) is 0 Å². The van der Waals surface area contributed by atoms with Crippen LogP contribution >= 0.6 is 0 Å². The summed E-state index contributed by atoms with van der Waals surface area (Å²) < 4.78 is 5.78. The molecule has 2 aromatic rings. The largest absolute Gasteiger partial charge is 0.491 e. The molecule has 0 bridgehead atoms. The molecular weight excluding hydrogens is 380 g/mol. The van der Waals surface area contributed by atoms with Gasteiger partial charge in [0.25, 0.3) is 0 Å². The molecule has 1 fully saturated rings. The number of hydrogen-bond donors (Lipinski definition) is 1. The molecule has 1 N–H and O–H groups in total. The Morgan fingerprint density at radius 2 is 2.03 bits per heavy atom. The average molecular weight is 411 g/mol. The van der Waals surface area contributed by atoms with Crippen LogP contribution in [0.1, 0.15) is 46.5 Å². The summed E-state index contributed by atoms with van der Waals surface area (Å²) in [6.07, 6.45) is 6.32. The maximum atomic E-state index is 12.9. The molecule has 8 heteroatoms. The number of hydrazine groups is 1. The van der Waals surface area contributed by atoms with Crippen molar-refractivity contribution in [1.29, 1.82) is 0 Å². The minimum absolute atomic E-state index is 0.0419. The maximum absolute atomic E-state index is 12.9. The molecule has 8 nitrogen and oxygen atoms in total. The minimum atomic E-state index is -0.0419. The van der Waals surface area contributed by atoms with Crippen LogP contribution in [0.15, 0.2) is 30.5 Å². The van der Waals surface area contributed by atoms with Gasteiger partial charge >= 0.3 is 6.03 Å². The minimum Gasteiger partial charge on any atom is -0.491 e. The lowest BCUT2D eigenvalue weighted by molar-refractivity contribution is 0.191. The number of rotatable bonds is 6. The third-order valence-corrected chi connectivity index (χ3v) is 5.53. The summed E-state index contributed by atoms with van der Waals surface area (Å²) in [6, 6.07) is 8.01. The number of fused-ring (bicyclic) bond motifs is 1. The van der Waals surface area contributed by atoms with Gasteiger partial charge in [0.05, 0.1) is 18.3 Å². The molecule has 2 amide bonds. The van der Waals surface area contributed by atoms with Gasteiger partial charge in [-0.2, -0.15) is 4.98 Å².